The van der Waals surface area contributed by atoms with Crippen LogP contribution in [0.2, 0.25) is 5.02 Å². The zero-order chi connectivity index (χ0) is 29.1. The van der Waals surface area contributed by atoms with E-state index in [0.717, 1.165) is 16.3 Å². The van der Waals surface area contributed by atoms with Crippen molar-refractivity contribution in [2.75, 3.05) is 7.11 Å². The third-order valence-corrected chi connectivity index (χ3v) is 7.94. The number of nitrogens with zero attached hydrogens (tertiary/aromatic N) is 1. The van der Waals surface area contributed by atoms with Crippen LogP contribution < -0.4 is 14.9 Å². The van der Waals surface area contributed by atoms with Crippen LogP contribution in [0.3, 0.4) is 0 Å². The number of carbonyl (C=O) groups excluding carboxylic acids is 1. The minimum absolute atomic E-state index is 0.227. The van der Waals surface area contributed by atoms with E-state index in [4.69, 9.17) is 25.8 Å². The van der Waals surface area contributed by atoms with E-state index in [1.807, 2.05) is 48.0 Å². The largest absolute Gasteiger partial charge is 0.496 e. The van der Waals surface area contributed by atoms with Crippen molar-refractivity contribution < 1.29 is 24.1 Å². The molecule has 0 saturated heterocycles. The fourth-order valence-electron chi connectivity index (χ4n) is 5.66. The molecule has 4 aromatic carbocycles. The lowest BCUT2D eigenvalue weighted by Crippen LogP contribution is -2.51. The highest BCUT2D eigenvalue weighted by molar-refractivity contribution is 6.30. The highest BCUT2D eigenvalue weighted by Gasteiger charge is 2.47. The number of methoxy groups -OCH3 is 1. The Hall–Kier alpha value is -4.33. The number of hydrogen-bond acceptors (Lipinski definition) is 6. The number of pyridine rings is 1. The summed E-state index contributed by atoms with van der Waals surface area (Å²) in [4.78, 5) is 26.9. The molecule has 0 bridgehead atoms. The molecule has 41 heavy (non-hydrogen) atoms. The van der Waals surface area contributed by atoms with Crippen molar-refractivity contribution in [3.8, 4) is 11.5 Å². The molecule has 2 heterocycles. The summed E-state index contributed by atoms with van der Waals surface area (Å²) >= 11 is 5.94. The predicted molar refractivity (Wildman–Crippen MR) is 161 cm³/mol. The van der Waals surface area contributed by atoms with E-state index >= 15 is 0 Å². The Morgan fingerprint density at radius 2 is 1.76 bits per heavy atom. The summed E-state index contributed by atoms with van der Waals surface area (Å²) in [5, 5.41) is 15.1. The average molecular weight is 570 g/mol. The predicted octanol–water partition coefficient (Wildman–Crippen LogP) is 6.34. The van der Waals surface area contributed by atoms with Gasteiger partial charge >= 0.3 is 5.97 Å². The molecule has 0 spiro atoms. The number of rotatable bonds is 4. The normalized spacial score (nSPS) is 18.0. The standard InChI is InChI=1S/C33H28ClNO6/c1-33(2)32(40-26(36)14-11-18-9-12-21(34)13-10-18)31(38)28-25(41-33)17-24(39-4)27-29(28)35(3)23-16-20-8-6-5-7-19(20)15-22(23)30(27)37/h5-17,31-32,38H,1-4H3/b14-11+/t31-,32-/m1/s1. The second kappa shape index (κ2) is 9.94. The first-order chi connectivity index (χ1) is 19.6. The van der Waals surface area contributed by atoms with Crippen LogP contribution in [0.15, 0.2) is 77.6 Å². The van der Waals surface area contributed by atoms with Crippen molar-refractivity contribution in [1.29, 1.82) is 0 Å². The molecular formula is C33H28ClNO6. The molecule has 0 fully saturated rings. The molecular weight excluding hydrogens is 542 g/mol. The van der Waals surface area contributed by atoms with Gasteiger partial charge in [0.15, 0.2) is 6.10 Å². The van der Waals surface area contributed by atoms with Gasteiger partial charge in [0.1, 0.15) is 23.2 Å². The Morgan fingerprint density at radius 3 is 2.44 bits per heavy atom. The molecule has 0 saturated carbocycles. The number of benzene rings is 4. The molecule has 6 rings (SSSR count). The first-order valence-corrected chi connectivity index (χ1v) is 13.5. The summed E-state index contributed by atoms with van der Waals surface area (Å²) < 4.78 is 19.7. The first-order valence-electron chi connectivity index (χ1n) is 13.2. The quantitative estimate of drug-likeness (QED) is 0.154. The molecule has 1 N–H and O–H groups in total. The molecule has 8 heteroatoms. The van der Waals surface area contributed by atoms with Crippen molar-refractivity contribution in [3.63, 3.8) is 0 Å². The van der Waals surface area contributed by atoms with Crippen LogP contribution in [-0.2, 0) is 16.6 Å². The Morgan fingerprint density at radius 1 is 1.07 bits per heavy atom. The van der Waals surface area contributed by atoms with Crippen LogP contribution in [0, 0.1) is 0 Å². The zero-order valence-electron chi connectivity index (χ0n) is 23.0. The van der Waals surface area contributed by atoms with Gasteiger partial charge in [0.2, 0.25) is 5.43 Å². The monoisotopic (exact) mass is 569 g/mol. The molecule has 208 valence electrons. The minimum Gasteiger partial charge on any atom is -0.496 e. The molecule has 2 atom stereocenters. The number of hydrogen-bond donors (Lipinski definition) is 1. The molecule has 0 radical (unpaired) electrons. The highest BCUT2D eigenvalue weighted by Crippen LogP contribution is 2.47. The maximum Gasteiger partial charge on any atom is 0.331 e. The number of ether oxygens (including phenoxy) is 3. The van der Waals surface area contributed by atoms with Gasteiger partial charge in [-0.1, -0.05) is 48.0 Å². The zero-order valence-corrected chi connectivity index (χ0v) is 23.7. The van der Waals surface area contributed by atoms with Gasteiger partial charge in [-0.15, -0.1) is 0 Å². The number of aromatic nitrogens is 1. The van der Waals surface area contributed by atoms with E-state index in [0.29, 0.717) is 43.9 Å². The Balaban J connectivity index is 1.50. The van der Waals surface area contributed by atoms with Crippen molar-refractivity contribution in [3.05, 3.63) is 99.2 Å². The number of aryl methyl sites for hydroxylation is 1. The van der Waals surface area contributed by atoms with Crippen molar-refractivity contribution in [2.45, 2.75) is 31.7 Å². The van der Waals surface area contributed by atoms with Crippen molar-refractivity contribution in [1.82, 2.24) is 4.57 Å². The lowest BCUT2D eigenvalue weighted by Gasteiger charge is -2.42. The van der Waals surface area contributed by atoms with Crippen LogP contribution >= 0.6 is 11.6 Å². The highest BCUT2D eigenvalue weighted by atomic mass is 35.5. The second-order valence-electron chi connectivity index (χ2n) is 10.7. The Kier molecular flexibility index (Phi) is 6.52. The number of halogens is 1. The number of aliphatic hydroxyl groups is 1. The Labute approximate surface area is 241 Å². The van der Waals surface area contributed by atoms with Crippen molar-refractivity contribution in [2.24, 2.45) is 7.05 Å². The van der Waals surface area contributed by atoms with Gasteiger partial charge < -0.3 is 23.9 Å². The fraction of sp³-hybridized carbons (Fsp3) is 0.212. The van der Waals surface area contributed by atoms with E-state index in [1.54, 1.807) is 50.3 Å². The summed E-state index contributed by atoms with van der Waals surface area (Å²) in [7, 11) is 3.33. The van der Waals surface area contributed by atoms with E-state index < -0.39 is 23.8 Å². The summed E-state index contributed by atoms with van der Waals surface area (Å²) in [5.41, 5.74) is 0.940. The first kappa shape index (κ1) is 26.9. The van der Waals surface area contributed by atoms with Gasteiger partial charge in [-0.25, -0.2) is 4.79 Å². The summed E-state index contributed by atoms with van der Waals surface area (Å²) in [6.07, 6.45) is 0.535. The van der Waals surface area contributed by atoms with E-state index in [1.165, 1.54) is 13.2 Å². The van der Waals surface area contributed by atoms with E-state index in [9.17, 15) is 14.7 Å². The van der Waals surface area contributed by atoms with Gasteiger partial charge in [0, 0.05) is 29.6 Å². The van der Waals surface area contributed by atoms with Crippen LogP contribution in [0.4, 0.5) is 0 Å². The summed E-state index contributed by atoms with van der Waals surface area (Å²) in [5.74, 6) is 0.0393. The number of fused-ring (bicyclic) bond motifs is 5. The molecule has 1 aliphatic rings. The van der Waals surface area contributed by atoms with Crippen LogP contribution in [0.25, 0.3) is 38.7 Å². The van der Waals surface area contributed by atoms with Crippen LogP contribution in [0.5, 0.6) is 11.5 Å². The average Bonchev–Trinajstić information content (AvgIpc) is 2.95. The van der Waals surface area contributed by atoms with E-state index in [2.05, 4.69) is 0 Å². The van der Waals surface area contributed by atoms with Gasteiger partial charge in [0.05, 0.1) is 29.1 Å². The van der Waals surface area contributed by atoms with Gasteiger partial charge in [-0.3, -0.25) is 4.79 Å². The molecule has 0 amide bonds. The summed E-state index contributed by atoms with van der Waals surface area (Å²) in [6, 6.07) is 20.3. The smallest absolute Gasteiger partial charge is 0.331 e. The second-order valence-corrected chi connectivity index (χ2v) is 11.1. The third kappa shape index (κ3) is 4.51. The lowest BCUT2D eigenvalue weighted by atomic mass is 9.86. The number of carbonyl (C=O) groups is 1. The van der Waals surface area contributed by atoms with Crippen molar-refractivity contribution >= 4 is 56.2 Å². The fourth-order valence-corrected chi connectivity index (χ4v) is 5.79. The topological polar surface area (TPSA) is 87.0 Å². The Bertz CT molecular complexity index is 1940. The molecule has 0 unspecified atom stereocenters. The van der Waals surface area contributed by atoms with Crippen LogP contribution in [0.1, 0.15) is 31.1 Å². The molecule has 0 aliphatic carbocycles. The number of aliphatic hydroxyl groups excluding tert-OH is 1. The molecule has 5 aromatic rings. The van der Waals surface area contributed by atoms with E-state index in [-0.39, 0.29) is 5.43 Å². The number of esters is 1. The molecule has 1 aromatic heterocycles. The van der Waals surface area contributed by atoms with Gasteiger partial charge in [-0.2, -0.15) is 0 Å². The third-order valence-electron chi connectivity index (χ3n) is 7.68. The molecule has 7 nitrogen and oxygen atoms in total. The van der Waals surface area contributed by atoms with Gasteiger partial charge in [-0.05, 0) is 60.5 Å². The van der Waals surface area contributed by atoms with Gasteiger partial charge in [0.25, 0.3) is 0 Å². The SMILES string of the molecule is COc1cc2c(c3c1c(=O)c1cc4ccccc4cc1n3C)[C@@H](O)[C@@H](OC(=O)/C=C/c1ccc(Cl)cc1)C(C)(C)O2. The maximum absolute atomic E-state index is 14.0. The van der Waals surface area contributed by atoms with Crippen LogP contribution in [-0.4, -0.2) is 34.5 Å². The minimum atomic E-state index is -1.29. The maximum atomic E-state index is 14.0. The lowest BCUT2D eigenvalue weighted by molar-refractivity contribution is -0.171. The summed E-state index contributed by atoms with van der Waals surface area (Å²) in [6.45, 7) is 3.48. The molecule has 1 aliphatic heterocycles.